The zero-order chi connectivity index (χ0) is 14.5. The van der Waals surface area contributed by atoms with Crippen molar-refractivity contribution >= 4 is 11.4 Å². The second-order valence-corrected chi connectivity index (χ2v) is 4.89. The lowest BCUT2D eigenvalue weighted by atomic mass is 10.1. The molecule has 0 fully saturated rings. The van der Waals surface area contributed by atoms with Gasteiger partial charge >= 0.3 is 0 Å². The minimum atomic E-state index is 0.174. The minimum Gasteiger partial charge on any atom is -0.479 e. The van der Waals surface area contributed by atoms with Gasteiger partial charge in [0.15, 0.2) is 0 Å². The topological polar surface area (TPSA) is 37.4 Å². The van der Waals surface area contributed by atoms with Crippen molar-refractivity contribution in [1.29, 1.82) is 0 Å². The van der Waals surface area contributed by atoms with Crippen LogP contribution in [0.3, 0.4) is 0 Å². The van der Waals surface area contributed by atoms with Crippen molar-refractivity contribution in [3.63, 3.8) is 0 Å². The van der Waals surface area contributed by atoms with E-state index in [9.17, 15) is 0 Å². The van der Waals surface area contributed by atoms with Gasteiger partial charge in [0.2, 0.25) is 5.88 Å². The van der Waals surface area contributed by atoms with Crippen molar-refractivity contribution in [2.24, 2.45) is 0 Å². The van der Waals surface area contributed by atoms with Crippen LogP contribution >= 0.6 is 0 Å². The van der Waals surface area contributed by atoms with E-state index in [0.717, 1.165) is 11.4 Å². The molecule has 1 aromatic carbocycles. The molecule has 1 atom stereocenters. The summed E-state index contributed by atoms with van der Waals surface area (Å²) >= 11 is 0. The molecule has 2 aromatic rings. The molecule has 20 heavy (non-hydrogen) atoms. The highest BCUT2D eigenvalue weighted by Crippen LogP contribution is 2.34. The quantitative estimate of drug-likeness (QED) is 0.905. The molecule has 0 amide bonds. The first-order valence-electron chi connectivity index (χ1n) is 6.65. The number of pyridine rings is 1. The van der Waals surface area contributed by atoms with Crippen molar-refractivity contribution in [2.75, 3.05) is 31.4 Å². The molecule has 0 saturated carbocycles. The second kappa shape index (κ2) is 6.28. The van der Waals surface area contributed by atoms with Crippen molar-refractivity contribution in [1.82, 2.24) is 4.98 Å². The van der Waals surface area contributed by atoms with Gasteiger partial charge in [-0.25, -0.2) is 4.98 Å². The number of nitrogens with one attached hydrogen (secondary N) is 1. The Morgan fingerprint density at radius 1 is 1.15 bits per heavy atom. The number of anilines is 2. The fraction of sp³-hybridized carbons (Fsp3) is 0.312. The maximum atomic E-state index is 5.37. The maximum absolute atomic E-state index is 5.37. The Hall–Kier alpha value is -2.23. The molecule has 0 spiro atoms. The third-order valence-electron chi connectivity index (χ3n) is 3.23. The lowest BCUT2D eigenvalue weighted by Crippen LogP contribution is -2.15. The molecule has 0 bridgehead atoms. The predicted octanol–water partition coefficient (Wildman–Crippen LogP) is 3.33. The zero-order valence-electron chi connectivity index (χ0n) is 12.4. The summed E-state index contributed by atoms with van der Waals surface area (Å²) < 4.78 is 5.37. The molecule has 1 aromatic heterocycles. The Morgan fingerprint density at radius 2 is 1.85 bits per heavy atom. The predicted molar refractivity (Wildman–Crippen MR) is 83.6 cm³/mol. The van der Waals surface area contributed by atoms with E-state index in [4.69, 9.17) is 4.74 Å². The first-order valence-corrected chi connectivity index (χ1v) is 6.65. The Kier molecular flexibility index (Phi) is 4.45. The third kappa shape index (κ3) is 3.02. The first kappa shape index (κ1) is 14.2. The van der Waals surface area contributed by atoms with Gasteiger partial charge in [0, 0.05) is 26.3 Å². The molecule has 0 aliphatic heterocycles. The number of benzene rings is 1. The van der Waals surface area contributed by atoms with Gasteiger partial charge in [-0.1, -0.05) is 30.3 Å². The van der Waals surface area contributed by atoms with Gasteiger partial charge in [0.25, 0.3) is 0 Å². The van der Waals surface area contributed by atoms with Gasteiger partial charge in [-0.15, -0.1) is 0 Å². The van der Waals surface area contributed by atoms with Crippen molar-refractivity contribution in [3.05, 3.63) is 48.2 Å². The molecule has 0 aliphatic rings. The van der Waals surface area contributed by atoms with Crippen molar-refractivity contribution in [3.8, 4) is 5.88 Å². The summed E-state index contributed by atoms with van der Waals surface area (Å²) in [5.74, 6) is 0.610. The normalized spacial score (nSPS) is 11.8. The van der Waals surface area contributed by atoms with Crippen molar-refractivity contribution in [2.45, 2.75) is 13.0 Å². The molecule has 2 rings (SSSR count). The Balaban J connectivity index is 2.32. The lowest BCUT2D eigenvalue weighted by molar-refractivity contribution is 0.399. The second-order valence-electron chi connectivity index (χ2n) is 4.89. The van der Waals surface area contributed by atoms with Crippen LogP contribution in [-0.4, -0.2) is 26.2 Å². The first-order chi connectivity index (χ1) is 9.63. The molecule has 1 heterocycles. The van der Waals surface area contributed by atoms with Crippen LogP contribution < -0.4 is 15.0 Å². The van der Waals surface area contributed by atoms with E-state index in [1.165, 1.54) is 5.56 Å². The molecule has 1 unspecified atom stereocenters. The molecule has 4 heteroatoms. The van der Waals surface area contributed by atoms with Crippen molar-refractivity contribution < 1.29 is 4.74 Å². The number of nitrogens with zero attached hydrogens (tertiary/aromatic N) is 2. The number of hydrogen-bond acceptors (Lipinski definition) is 4. The number of aromatic nitrogens is 1. The maximum Gasteiger partial charge on any atom is 0.239 e. The summed E-state index contributed by atoms with van der Waals surface area (Å²) in [6.07, 6.45) is 1.76. The number of methoxy groups -OCH3 is 1. The highest BCUT2D eigenvalue weighted by molar-refractivity contribution is 5.74. The molecule has 0 saturated heterocycles. The van der Waals surface area contributed by atoms with Crippen LogP contribution in [0.5, 0.6) is 5.88 Å². The van der Waals surface area contributed by atoms with Crippen LogP contribution in [-0.2, 0) is 0 Å². The molecule has 106 valence electrons. The van der Waals surface area contributed by atoms with Gasteiger partial charge in [-0.2, -0.15) is 0 Å². The standard InChI is InChI=1S/C16H21N3O/c1-12(13-8-6-5-7-9-13)18-15-14(19(2)3)10-11-17-16(15)20-4/h5-12,18H,1-4H3. The van der Waals surface area contributed by atoms with Gasteiger partial charge in [0.1, 0.15) is 5.69 Å². The minimum absolute atomic E-state index is 0.174. The van der Waals surface area contributed by atoms with Crippen LogP contribution in [0.1, 0.15) is 18.5 Å². The van der Waals surface area contributed by atoms with Gasteiger partial charge < -0.3 is 15.0 Å². The number of rotatable bonds is 5. The average molecular weight is 271 g/mol. The smallest absolute Gasteiger partial charge is 0.239 e. The SMILES string of the molecule is COc1nccc(N(C)C)c1NC(C)c1ccccc1. The molecule has 1 N–H and O–H groups in total. The van der Waals surface area contributed by atoms with Crippen LogP contribution in [0.15, 0.2) is 42.6 Å². The lowest BCUT2D eigenvalue weighted by Gasteiger charge is -2.23. The summed E-state index contributed by atoms with van der Waals surface area (Å²) in [5.41, 5.74) is 3.19. The summed E-state index contributed by atoms with van der Waals surface area (Å²) in [6.45, 7) is 2.13. The van der Waals surface area contributed by atoms with E-state index in [0.29, 0.717) is 5.88 Å². The Morgan fingerprint density at radius 3 is 2.45 bits per heavy atom. The summed E-state index contributed by atoms with van der Waals surface area (Å²) in [6, 6.07) is 12.5. The third-order valence-corrected chi connectivity index (χ3v) is 3.23. The van der Waals surface area contributed by atoms with E-state index < -0.39 is 0 Å². The van der Waals surface area contributed by atoms with E-state index in [-0.39, 0.29) is 6.04 Å². The molecule has 4 nitrogen and oxygen atoms in total. The van der Waals surface area contributed by atoms with Gasteiger partial charge in [-0.05, 0) is 18.6 Å². The number of ether oxygens (including phenoxy) is 1. The average Bonchev–Trinajstić information content (AvgIpc) is 2.48. The highest BCUT2D eigenvalue weighted by Gasteiger charge is 2.15. The largest absolute Gasteiger partial charge is 0.479 e. The molecule has 0 aliphatic carbocycles. The highest BCUT2D eigenvalue weighted by atomic mass is 16.5. The monoisotopic (exact) mass is 271 g/mol. The fourth-order valence-electron chi connectivity index (χ4n) is 2.14. The number of hydrogen-bond donors (Lipinski definition) is 1. The van der Waals surface area contributed by atoms with E-state index in [1.54, 1.807) is 13.3 Å². The van der Waals surface area contributed by atoms with E-state index in [2.05, 4.69) is 29.4 Å². The summed E-state index contributed by atoms with van der Waals surface area (Å²) in [7, 11) is 5.65. The van der Waals surface area contributed by atoms with Crippen LogP contribution in [0.2, 0.25) is 0 Å². The molecule has 0 radical (unpaired) electrons. The molecular weight excluding hydrogens is 250 g/mol. The molecular formula is C16H21N3O. The van der Waals surface area contributed by atoms with Crippen LogP contribution in [0.25, 0.3) is 0 Å². The Bertz CT molecular complexity index is 555. The zero-order valence-corrected chi connectivity index (χ0v) is 12.4. The summed E-state index contributed by atoms with van der Waals surface area (Å²) in [5, 5.41) is 3.50. The van der Waals surface area contributed by atoms with E-state index >= 15 is 0 Å². The fourth-order valence-corrected chi connectivity index (χ4v) is 2.14. The Labute approximate surface area is 120 Å². The summed E-state index contributed by atoms with van der Waals surface area (Å²) in [4.78, 5) is 6.32. The van der Waals surface area contributed by atoms with Gasteiger partial charge in [0.05, 0.1) is 12.8 Å². The van der Waals surface area contributed by atoms with E-state index in [1.807, 2.05) is 43.3 Å². The van der Waals surface area contributed by atoms with Gasteiger partial charge in [-0.3, -0.25) is 0 Å². The van der Waals surface area contributed by atoms with Crippen LogP contribution in [0.4, 0.5) is 11.4 Å². The van der Waals surface area contributed by atoms with Crippen LogP contribution in [0, 0.1) is 0 Å².